The first kappa shape index (κ1) is 70.2. The molecule has 0 heterocycles. The van der Waals surface area contributed by atoms with Gasteiger partial charge in [0.2, 0.25) is 0 Å². The topological polar surface area (TPSA) is 78.9 Å². The Balaban J connectivity index is 5.16. The van der Waals surface area contributed by atoms with Gasteiger partial charge < -0.3 is 0 Å². The molecule has 0 amide bonds. The van der Waals surface area contributed by atoms with Crippen LogP contribution in [0.4, 0.5) is 0 Å². The monoisotopic (exact) mass is 1110 g/mol. The first-order chi connectivity index (χ1) is 34.9. The average Bonchev–Trinajstić information content (AvgIpc) is 3.35. The van der Waals surface area contributed by atoms with Crippen molar-refractivity contribution in [1.29, 1.82) is 0 Å². The normalized spacial score (nSPS) is 11.7. The molecule has 0 atom stereocenters. The molecule has 71 heavy (non-hydrogen) atoms. The molecule has 0 spiro atoms. The minimum Gasteiger partial charge on any atom is -0.0654 e. The van der Waals surface area contributed by atoms with Crippen LogP contribution in [0.5, 0.6) is 0 Å². The van der Waals surface area contributed by atoms with Gasteiger partial charge in [0.1, 0.15) is 0 Å². The summed E-state index contributed by atoms with van der Waals surface area (Å²) in [6.07, 6.45) is 67.0. The van der Waals surface area contributed by atoms with Crippen LogP contribution < -0.4 is 0 Å². The van der Waals surface area contributed by atoms with E-state index in [4.69, 9.17) is 9.22 Å². The van der Waals surface area contributed by atoms with Crippen molar-refractivity contribution in [2.24, 2.45) is 0 Å². The van der Waals surface area contributed by atoms with Gasteiger partial charge in [-0.25, -0.2) is 0 Å². The van der Waals surface area contributed by atoms with E-state index in [-0.39, 0.29) is 17.9 Å². The number of carbonyl (C=O) groups is 3. The van der Waals surface area contributed by atoms with E-state index in [0.29, 0.717) is 23.7 Å². The van der Waals surface area contributed by atoms with Crippen LogP contribution >= 0.6 is 0 Å². The first-order valence-electron chi connectivity index (χ1n) is 32.6. The van der Waals surface area contributed by atoms with Crippen LogP contribution in [0.1, 0.15) is 387 Å². The minimum absolute atomic E-state index is 0.293. The van der Waals surface area contributed by atoms with Gasteiger partial charge in [-0.3, -0.25) is 0 Å². The number of rotatable bonds is 60. The zero-order valence-electron chi connectivity index (χ0n) is 48.8. The van der Waals surface area contributed by atoms with Crippen molar-refractivity contribution in [2.45, 2.75) is 392 Å². The van der Waals surface area contributed by atoms with Crippen LogP contribution in [0.3, 0.4) is 0 Å². The molecule has 0 fully saturated rings. The summed E-state index contributed by atoms with van der Waals surface area (Å²) < 4.78 is 19.3. The molecule has 0 aromatic heterocycles. The van der Waals surface area contributed by atoms with Crippen molar-refractivity contribution in [3.05, 3.63) is 0 Å². The molecular formula is C64H126O6Sn. The summed E-state index contributed by atoms with van der Waals surface area (Å²) in [7, 11) is 0. The summed E-state index contributed by atoms with van der Waals surface area (Å²) >= 11 is -4.95. The van der Waals surface area contributed by atoms with Gasteiger partial charge in [0.15, 0.2) is 0 Å². The maximum atomic E-state index is 13.7. The van der Waals surface area contributed by atoms with E-state index in [1.54, 1.807) is 0 Å². The van der Waals surface area contributed by atoms with Crippen LogP contribution in [0.2, 0.25) is 4.44 Å². The Morgan fingerprint density at radius 1 is 0.211 bits per heavy atom. The summed E-state index contributed by atoms with van der Waals surface area (Å²) in [5.74, 6) is -1.01. The number of unbranched alkanes of at least 4 members (excludes halogenated alkanes) is 49. The Hall–Kier alpha value is -0.791. The Morgan fingerprint density at radius 3 is 0.521 bits per heavy atom. The van der Waals surface area contributed by atoms with Crippen LogP contribution in [0.15, 0.2) is 0 Å². The molecule has 0 saturated heterocycles. The van der Waals surface area contributed by atoms with E-state index < -0.39 is 19.6 Å². The molecule has 7 heteroatoms. The smallest absolute Gasteiger partial charge is 0.0654 e. The second-order valence-electron chi connectivity index (χ2n) is 22.4. The third-order valence-corrected chi connectivity index (χ3v) is 22.5. The Morgan fingerprint density at radius 2 is 0.352 bits per heavy atom. The van der Waals surface area contributed by atoms with Gasteiger partial charge in [0.05, 0.1) is 0 Å². The minimum atomic E-state index is -4.95. The molecule has 0 radical (unpaired) electrons. The Bertz CT molecular complexity index is 980. The summed E-state index contributed by atoms with van der Waals surface area (Å²) in [5, 5.41) is 0. The van der Waals surface area contributed by atoms with Gasteiger partial charge in [0.25, 0.3) is 0 Å². The molecule has 0 N–H and O–H groups in total. The second-order valence-corrected chi connectivity index (χ2v) is 29.5. The second kappa shape index (κ2) is 58.5. The predicted molar refractivity (Wildman–Crippen MR) is 310 cm³/mol. The van der Waals surface area contributed by atoms with Crippen molar-refractivity contribution >= 4 is 37.5 Å². The van der Waals surface area contributed by atoms with Gasteiger partial charge >= 0.3 is 316 Å². The van der Waals surface area contributed by atoms with E-state index in [1.807, 2.05) is 0 Å². The van der Waals surface area contributed by atoms with Crippen molar-refractivity contribution in [3.8, 4) is 0 Å². The summed E-state index contributed by atoms with van der Waals surface area (Å²) in [5.41, 5.74) is 0. The number of hydrogen-bond donors (Lipinski definition) is 0. The van der Waals surface area contributed by atoms with Crippen LogP contribution in [-0.2, 0) is 23.6 Å². The molecule has 0 aliphatic rings. The number of hydrogen-bond acceptors (Lipinski definition) is 6. The third kappa shape index (κ3) is 53.8. The van der Waals surface area contributed by atoms with E-state index in [9.17, 15) is 14.4 Å². The van der Waals surface area contributed by atoms with Gasteiger partial charge in [-0.15, -0.1) is 0 Å². The molecule has 0 saturated carbocycles. The molecule has 0 unspecified atom stereocenters. The summed E-state index contributed by atoms with van der Waals surface area (Å²) in [4.78, 5) is 41.0. The average molecular weight is 1110 g/mol. The van der Waals surface area contributed by atoms with Gasteiger partial charge in [-0.1, -0.05) is 136 Å². The van der Waals surface area contributed by atoms with Crippen LogP contribution in [0.25, 0.3) is 0 Å². The summed E-state index contributed by atoms with van der Waals surface area (Å²) in [6.45, 7) is 9.09. The van der Waals surface area contributed by atoms with E-state index in [2.05, 4.69) is 27.7 Å². The molecule has 0 rings (SSSR count). The van der Waals surface area contributed by atoms with Gasteiger partial charge in [-0.2, -0.15) is 0 Å². The number of carbonyl (C=O) groups excluding carboxylic acids is 3. The SMILES string of the molecule is CCCCCCCCCCCCCCCCCC(=O)[O][Sn]([CH2]CCCCCCCCC)([O]C(=O)CCCCCCCCCCCCCCCCC)[O]C(=O)CCCCCCCCCCCCCCCCC. The molecular weight excluding hydrogens is 983 g/mol. The van der Waals surface area contributed by atoms with Crippen LogP contribution in [0, 0.1) is 0 Å². The predicted octanol–water partition coefficient (Wildman–Crippen LogP) is 22.5. The molecule has 0 aromatic carbocycles. The fraction of sp³-hybridized carbons (Fsp3) is 0.953. The molecule has 0 aliphatic heterocycles. The quantitative estimate of drug-likeness (QED) is 0.0446. The van der Waals surface area contributed by atoms with Crippen molar-refractivity contribution in [2.75, 3.05) is 0 Å². The Kier molecular flexibility index (Phi) is 57.8. The molecule has 0 aliphatic carbocycles. The molecule has 6 nitrogen and oxygen atoms in total. The van der Waals surface area contributed by atoms with Gasteiger partial charge in [0, 0.05) is 0 Å². The summed E-state index contributed by atoms with van der Waals surface area (Å²) in [6, 6.07) is 0. The first-order valence-corrected chi connectivity index (χ1v) is 38.1. The molecule has 422 valence electrons. The fourth-order valence-corrected chi connectivity index (χ4v) is 17.3. The van der Waals surface area contributed by atoms with Crippen LogP contribution in [-0.4, -0.2) is 37.5 Å². The fourth-order valence-electron chi connectivity index (χ4n) is 10.3. The van der Waals surface area contributed by atoms with Gasteiger partial charge in [-0.05, 0) is 0 Å². The standard InChI is InChI=1S/3C18H36O2.C10H21.Sn/c3*1-2-3-4-5-6-7-8-9-10-11-12-13-14-15-16-17-18(19)20;1-3-5-7-9-10-8-6-4-2;/h3*2-17H2,1H3,(H,19,20);1,3-10H2,2H3;/q;;;;+3/p-3. The zero-order chi connectivity index (χ0) is 51.7. The zero-order valence-corrected chi connectivity index (χ0v) is 51.6. The van der Waals surface area contributed by atoms with Crippen molar-refractivity contribution in [1.82, 2.24) is 0 Å². The Labute approximate surface area is 450 Å². The van der Waals surface area contributed by atoms with E-state index in [0.717, 1.165) is 77.0 Å². The molecule has 0 bridgehead atoms. The van der Waals surface area contributed by atoms with Crippen molar-refractivity contribution in [3.63, 3.8) is 0 Å². The van der Waals surface area contributed by atoms with Crippen molar-refractivity contribution < 1.29 is 23.6 Å². The third-order valence-electron chi connectivity index (χ3n) is 15.1. The maximum absolute atomic E-state index is 13.7. The molecule has 0 aromatic rings. The van der Waals surface area contributed by atoms with E-state index >= 15 is 0 Å². The van der Waals surface area contributed by atoms with E-state index in [1.165, 1.54) is 263 Å².